The largest absolute Gasteiger partial charge is 0.379 e. The van der Waals surface area contributed by atoms with E-state index in [2.05, 4.69) is 61.1 Å². The molecule has 0 radical (unpaired) electrons. The highest BCUT2D eigenvalue weighted by atomic mass is 16.6. The van der Waals surface area contributed by atoms with E-state index in [4.69, 9.17) is 56.8 Å². The van der Waals surface area contributed by atoms with Gasteiger partial charge in [-0.25, -0.2) is 9.36 Å². The fourth-order valence-corrected chi connectivity index (χ4v) is 6.57. The van der Waals surface area contributed by atoms with Crippen LogP contribution in [0.2, 0.25) is 0 Å². The molecule has 0 aliphatic heterocycles. The number of carbonyl (C=O) groups excluding carboxylic acids is 4. The first-order valence-corrected chi connectivity index (χ1v) is 28.4. The summed E-state index contributed by atoms with van der Waals surface area (Å²) in [4.78, 5) is 48.0. The van der Waals surface area contributed by atoms with E-state index in [9.17, 15) is 19.2 Å². The van der Waals surface area contributed by atoms with Crippen molar-refractivity contribution in [3.63, 3.8) is 0 Å². The third-order valence-electron chi connectivity index (χ3n) is 10.9. The van der Waals surface area contributed by atoms with Crippen molar-refractivity contribution in [3.8, 4) is 0 Å². The van der Waals surface area contributed by atoms with Crippen LogP contribution < -0.4 is 26.6 Å². The number of aromatic nitrogens is 6. The van der Waals surface area contributed by atoms with E-state index in [-0.39, 0.29) is 49.3 Å². The third-order valence-corrected chi connectivity index (χ3v) is 10.9. The van der Waals surface area contributed by atoms with Gasteiger partial charge < -0.3 is 83.4 Å². The Kier molecular flexibility index (Phi) is 48.6. The zero-order valence-corrected chi connectivity index (χ0v) is 47.6. The van der Waals surface area contributed by atoms with Crippen LogP contribution in [-0.2, 0) is 102 Å². The number of amides is 4. The van der Waals surface area contributed by atoms with Gasteiger partial charge in [0, 0.05) is 77.3 Å². The van der Waals surface area contributed by atoms with E-state index in [0.717, 1.165) is 49.9 Å². The Morgan fingerprint density at radius 2 is 0.608 bits per heavy atom. The maximum Gasteiger partial charge on any atom is 0.222 e. The van der Waals surface area contributed by atoms with E-state index in [1.54, 1.807) is 9.36 Å². The Balaban J connectivity index is 1.16. The number of ether oxygens (including phenoxy) is 12. The van der Waals surface area contributed by atoms with Gasteiger partial charge in [0.25, 0.3) is 0 Å². The summed E-state index contributed by atoms with van der Waals surface area (Å²) in [6.07, 6.45) is 11.2. The molecule has 2 aromatic heterocycles. The molecule has 0 aliphatic rings. The molecule has 27 nitrogen and oxygen atoms in total. The van der Waals surface area contributed by atoms with Crippen LogP contribution in [0, 0.1) is 0 Å². The van der Waals surface area contributed by atoms with Crippen molar-refractivity contribution in [2.24, 2.45) is 0 Å². The Hall–Kier alpha value is -4.36. The molecule has 2 heterocycles. The van der Waals surface area contributed by atoms with Crippen LogP contribution in [0.4, 0.5) is 0 Å². The van der Waals surface area contributed by atoms with Gasteiger partial charge in [0.1, 0.15) is 0 Å². The number of nitrogens with one attached hydrogen (secondary N) is 5. The molecule has 0 saturated carbocycles. The Labute approximate surface area is 467 Å². The van der Waals surface area contributed by atoms with Crippen molar-refractivity contribution in [2.45, 2.75) is 91.1 Å². The smallest absolute Gasteiger partial charge is 0.222 e. The average Bonchev–Trinajstić information content (AvgIpc) is 4.12. The fraction of sp³-hybridized carbons (Fsp3) is 0.846. The summed E-state index contributed by atoms with van der Waals surface area (Å²) in [6, 6.07) is 0. The van der Waals surface area contributed by atoms with Crippen molar-refractivity contribution < 1.29 is 76.0 Å². The van der Waals surface area contributed by atoms with E-state index in [0.29, 0.717) is 211 Å². The second kappa shape index (κ2) is 54.2. The van der Waals surface area contributed by atoms with Crippen molar-refractivity contribution in [2.75, 3.05) is 198 Å². The van der Waals surface area contributed by atoms with Crippen LogP contribution in [0.1, 0.15) is 76.6 Å². The number of nitrogens with zero attached hydrogens (tertiary/aromatic N) is 6. The van der Waals surface area contributed by atoms with Gasteiger partial charge in [-0.1, -0.05) is 37.1 Å². The lowest BCUT2D eigenvalue weighted by atomic mass is 10.2. The van der Waals surface area contributed by atoms with E-state index >= 15 is 0 Å². The van der Waals surface area contributed by atoms with Gasteiger partial charge in [0.15, 0.2) is 0 Å². The fourth-order valence-electron chi connectivity index (χ4n) is 6.57. The molecule has 79 heavy (non-hydrogen) atoms. The van der Waals surface area contributed by atoms with Crippen LogP contribution >= 0.6 is 0 Å². The first-order chi connectivity index (χ1) is 38.9. The predicted octanol–water partition coefficient (Wildman–Crippen LogP) is 0.0690. The summed E-state index contributed by atoms with van der Waals surface area (Å²) >= 11 is 0. The highest BCUT2D eigenvalue weighted by molar-refractivity contribution is 5.77. The highest BCUT2D eigenvalue weighted by Gasteiger charge is 2.07. The number of carbonyl (C=O) groups is 4. The monoisotopic (exact) mass is 1130 g/mol. The zero-order valence-electron chi connectivity index (χ0n) is 47.6. The van der Waals surface area contributed by atoms with Gasteiger partial charge in [0.05, 0.1) is 183 Å². The summed E-state index contributed by atoms with van der Waals surface area (Å²) in [6.45, 7) is 18.3. The van der Waals surface area contributed by atoms with Crippen LogP contribution in [0.25, 0.3) is 0 Å². The van der Waals surface area contributed by atoms with Gasteiger partial charge in [-0.05, 0) is 25.7 Å². The average molecular weight is 1130 g/mol. The highest BCUT2D eigenvalue weighted by Crippen LogP contribution is 2.02. The van der Waals surface area contributed by atoms with Gasteiger partial charge in [-0.15, -0.1) is 10.2 Å². The summed E-state index contributed by atoms with van der Waals surface area (Å²) in [5.41, 5.74) is 1.97. The van der Waals surface area contributed by atoms with Crippen molar-refractivity contribution in [3.05, 3.63) is 23.8 Å². The first kappa shape index (κ1) is 70.7. The lowest BCUT2D eigenvalue weighted by Gasteiger charge is -2.09. The van der Waals surface area contributed by atoms with Crippen molar-refractivity contribution in [1.82, 2.24) is 56.6 Å². The minimum atomic E-state index is -0.126. The number of hydrogen-bond donors (Lipinski definition) is 5. The predicted molar refractivity (Wildman–Crippen MR) is 290 cm³/mol. The molecule has 0 aliphatic carbocycles. The van der Waals surface area contributed by atoms with Crippen LogP contribution in [0.15, 0.2) is 12.4 Å². The van der Waals surface area contributed by atoms with Crippen molar-refractivity contribution >= 4 is 23.6 Å². The molecule has 0 bridgehead atoms. The molecule has 5 N–H and O–H groups in total. The number of aryl methyl sites for hydroxylation is 2. The summed E-state index contributed by atoms with van der Waals surface area (Å²) < 4.78 is 69.7. The maximum atomic E-state index is 12.0. The number of hydrogen-bond acceptors (Lipinski definition) is 21. The molecule has 0 atom stereocenters. The normalized spacial score (nSPS) is 11.4. The molecule has 2 aromatic rings. The lowest BCUT2D eigenvalue weighted by molar-refractivity contribution is -0.123. The topological polar surface area (TPSA) is 301 Å². The Bertz CT molecular complexity index is 1610. The van der Waals surface area contributed by atoms with Gasteiger partial charge in [0.2, 0.25) is 23.6 Å². The molecular weight excluding hydrogens is 1030 g/mol. The second-order valence-corrected chi connectivity index (χ2v) is 17.7. The van der Waals surface area contributed by atoms with Crippen LogP contribution in [0.3, 0.4) is 0 Å². The zero-order chi connectivity index (χ0) is 56.6. The van der Waals surface area contributed by atoms with Gasteiger partial charge in [-0.2, -0.15) is 0 Å². The molecule has 0 aromatic carbocycles. The molecule has 2 rings (SSSR count). The molecular formula is C52H97N11O16. The molecule has 0 spiro atoms. The van der Waals surface area contributed by atoms with E-state index in [1.807, 2.05) is 12.4 Å². The first-order valence-electron chi connectivity index (χ1n) is 28.4. The SMILES string of the molecule is CCCCc1cn(CCOCCC(=O)NCCOCCNC(=O)CCOCCOCCOCCOCCNCCOCCOCCOCCOCCC(=O)NCCOCCNC(=O)CCOCCn2cc(CCCC)nn2)nn1. The van der Waals surface area contributed by atoms with Crippen LogP contribution in [-0.4, -0.2) is 251 Å². The Morgan fingerprint density at radius 3 is 0.911 bits per heavy atom. The molecule has 0 fully saturated rings. The number of unbranched alkanes of at least 4 members (excludes halogenated alkanes) is 2. The van der Waals surface area contributed by atoms with Crippen LogP contribution in [0.5, 0.6) is 0 Å². The third kappa shape index (κ3) is 47.0. The molecule has 456 valence electrons. The van der Waals surface area contributed by atoms with Gasteiger partial charge in [-0.3, -0.25) is 19.2 Å². The standard InChI is InChI=1S/C52H97N11O16/c1-3-5-7-47-45-62(60-58-47)19-31-68-21-9-49(64)54-15-27-72-29-17-56-51(66)11-23-70-33-37-76-41-43-78-39-35-74-25-13-53-14-26-75-36-40-79-44-42-77-38-34-71-24-12-52(67)57-18-30-73-28-16-55-50(65)10-22-69-32-20-63-46-48(59-61-63)8-6-4-2/h45-46,53H,3-44H2,1-2H3,(H,54,64)(H,55,65)(H,56,66)(H,57,67). The van der Waals surface area contributed by atoms with E-state index in [1.165, 1.54) is 0 Å². The maximum absolute atomic E-state index is 12.0. The molecule has 0 saturated heterocycles. The summed E-state index contributed by atoms with van der Waals surface area (Å²) in [5, 5.41) is 30.9. The quantitative estimate of drug-likeness (QED) is 0.0548. The van der Waals surface area contributed by atoms with E-state index < -0.39 is 0 Å². The minimum Gasteiger partial charge on any atom is -0.379 e. The molecule has 0 unspecified atom stereocenters. The number of rotatable bonds is 60. The Morgan fingerprint density at radius 1 is 0.354 bits per heavy atom. The summed E-state index contributed by atoms with van der Waals surface area (Å²) in [5.74, 6) is -0.465. The van der Waals surface area contributed by atoms with Crippen molar-refractivity contribution in [1.29, 1.82) is 0 Å². The van der Waals surface area contributed by atoms with Gasteiger partial charge >= 0.3 is 0 Å². The second-order valence-electron chi connectivity index (χ2n) is 17.7. The lowest BCUT2D eigenvalue weighted by Crippen LogP contribution is -2.31. The molecule has 27 heteroatoms. The molecule has 4 amide bonds. The minimum absolute atomic E-state index is 0.107. The summed E-state index contributed by atoms with van der Waals surface area (Å²) in [7, 11) is 0.